The lowest BCUT2D eigenvalue weighted by Gasteiger charge is -2.19. The molecular formula is C16H23N5O2. The first-order valence-electron chi connectivity index (χ1n) is 7.61. The largest absolute Gasteiger partial charge is 0.444 e. The molecule has 0 aromatic carbocycles. The number of hydrogen-bond acceptors (Lipinski definition) is 5. The summed E-state index contributed by atoms with van der Waals surface area (Å²) in [7, 11) is 0. The maximum Gasteiger partial charge on any atom is 0.407 e. The van der Waals surface area contributed by atoms with Crippen LogP contribution in [0.2, 0.25) is 0 Å². The molecule has 2 heterocycles. The fourth-order valence-electron chi connectivity index (χ4n) is 1.86. The molecule has 0 radical (unpaired) electrons. The van der Waals surface area contributed by atoms with Crippen LogP contribution in [-0.2, 0) is 4.74 Å². The SMILES string of the molecule is CC(C)(C)OC(=O)NCCCNc1ccc(-n2cccn2)nc1. The van der Waals surface area contributed by atoms with Gasteiger partial charge in [-0.05, 0) is 45.4 Å². The van der Waals surface area contributed by atoms with Gasteiger partial charge in [0.15, 0.2) is 5.82 Å². The summed E-state index contributed by atoms with van der Waals surface area (Å²) in [5, 5.41) is 10.1. The maximum atomic E-state index is 11.5. The molecule has 0 fully saturated rings. The van der Waals surface area contributed by atoms with Crippen molar-refractivity contribution < 1.29 is 9.53 Å². The summed E-state index contributed by atoms with van der Waals surface area (Å²) < 4.78 is 6.87. The van der Waals surface area contributed by atoms with Crippen molar-refractivity contribution in [3.63, 3.8) is 0 Å². The number of hydrogen-bond donors (Lipinski definition) is 2. The molecule has 23 heavy (non-hydrogen) atoms. The van der Waals surface area contributed by atoms with Crippen LogP contribution in [-0.4, -0.2) is 39.5 Å². The van der Waals surface area contributed by atoms with Crippen molar-refractivity contribution in [2.24, 2.45) is 0 Å². The molecule has 0 aliphatic rings. The Labute approximate surface area is 136 Å². The van der Waals surface area contributed by atoms with E-state index in [0.717, 1.165) is 24.5 Å². The number of nitrogens with one attached hydrogen (secondary N) is 2. The fraction of sp³-hybridized carbons (Fsp3) is 0.438. The van der Waals surface area contributed by atoms with Gasteiger partial charge in [0.05, 0.1) is 11.9 Å². The molecule has 0 spiro atoms. The second kappa shape index (κ2) is 7.62. The maximum absolute atomic E-state index is 11.5. The van der Waals surface area contributed by atoms with Crippen LogP contribution < -0.4 is 10.6 Å². The molecule has 0 bridgehead atoms. The molecule has 124 valence electrons. The number of amides is 1. The van der Waals surface area contributed by atoms with Crippen molar-refractivity contribution in [1.82, 2.24) is 20.1 Å². The van der Waals surface area contributed by atoms with Gasteiger partial charge >= 0.3 is 6.09 Å². The summed E-state index contributed by atoms with van der Waals surface area (Å²) in [5.41, 5.74) is 0.461. The van der Waals surface area contributed by atoms with Crippen molar-refractivity contribution in [3.05, 3.63) is 36.8 Å². The Bertz CT molecular complexity index is 602. The summed E-state index contributed by atoms with van der Waals surface area (Å²) in [6.45, 7) is 6.81. The van der Waals surface area contributed by atoms with Crippen LogP contribution in [0.3, 0.4) is 0 Å². The number of alkyl carbamates (subject to hydrolysis) is 1. The van der Waals surface area contributed by atoms with Crippen LogP contribution in [0.5, 0.6) is 0 Å². The number of ether oxygens (including phenoxy) is 1. The number of carbonyl (C=O) groups excluding carboxylic acids is 1. The van der Waals surface area contributed by atoms with Gasteiger partial charge in [-0.15, -0.1) is 0 Å². The van der Waals surface area contributed by atoms with Crippen LogP contribution in [0, 0.1) is 0 Å². The summed E-state index contributed by atoms with van der Waals surface area (Å²) in [6.07, 6.45) is 5.73. The molecule has 1 amide bonds. The Morgan fingerprint density at radius 1 is 1.30 bits per heavy atom. The first-order valence-corrected chi connectivity index (χ1v) is 7.61. The Morgan fingerprint density at radius 3 is 2.74 bits per heavy atom. The van der Waals surface area contributed by atoms with Crippen LogP contribution in [0.1, 0.15) is 27.2 Å². The van der Waals surface area contributed by atoms with Crippen molar-refractivity contribution in [2.75, 3.05) is 18.4 Å². The van der Waals surface area contributed by atoms with Crippen LogP contribution in [0.4, 0.5) is 10.5 Å². The smallest absolute Gasteiger partial charge is 0.407 e. The number of pyridine rings is 1. The molecule has 0 aliphatic carbocycles. The zero-order valence-electron chi connectivity index (χ0n) is 13.7. The minimum Gasteiger partial charge on any atom is -0.444 e. The van der Waals surface area contributed by atoms with Crippen molar-refractivity contribution in [2.45, 2.75) is 32.8 Å². The van der Waals surface area contributed by atoms with E-state index < -0.39 is 5.60 Å². The number of anilines is 1. The average Bonchev–Trinajstić information content (AvgIpc) is 3.00. The second-order valence-electron chi connectivity index (χ2n) is 6.06. The minimum atomic E-state index is -0.468. The van der Waals surface area contributed by atoms with E-state index >= 15 is 0 Å². The number of nitrogens with zero attached hydrogens (tertiary/aromatic N) is 3. The third-order valence-corrected chi connectivity index (χ3v) is 2.84. The minimum absolute atomic E-state index is 0.386. The lowest BCUT2D eigenvalue weighted by atomic mass is 10.2. The third kappa shape index (κ3) is 5.98. The second-order valence-corrected chi connectivity index (χ2v) is 6.06. The summed E-state index contributed by atoms with van der Waals surface area (Å²) in [6, 6.07) is 5.70. The molecule has 0 saturated carbocycles. The quantitative estimate of drug-likeness (QED) is 0.800. The van der Waals surface area contributed by atoms with E-state index in [1.54, 1.807) is 17.1 Å². The molecule has 0 saturated heterocycles. The van der Waals surface area contributed by atoms with Crippen LogP contribution in [0.15, 0.2) is 36.8 Å². The van der Waals surface area contributed by atoms with Gasteiger partial charge in [0.2, 0.25) is 0 Å². The van der Waals surface area contributed by atoms with Gasteiger partial charge in [-0.1, -0.05) is 0 Å². The summed E-state index contributed by atoms with van der Waals surface area (Å²) in [4.78, 5) is 15.8. The average molecular weight is 317 g/mol. The first kappa shape index (κ1) is 16.8. The van der Waals surface area contributed by atoms with E-state index in [9.17, 15) is 4.79 Å². The van der Waals surface area contributed by atoms with Gasteiger partial charge in [0, 0.05) is 25.5 Å². The topological polar surface area (TPSA) is 81.1 Å². The molecule has 2 rings (SSSR count). The Morgan fingerprint density at radius 2 is 2.13 bits per heavy atom. The lowest BCUT2D eigenvalue weighted by Crippen LogP contribution is -2.33. The monoisotopic (exact) mass is 317 g/mol. The van der Waals surface area contributed by atoms with Gasteiger partial charge in [-0.2, -0.15) is 5.10 Å². The van der Waals surface area contributed by atoms with Crippen molar-refractivity contribution >= 4 is 11.8 Å². The van der Waals surface area contributed by atoms with Gasteiger partial charge < -0.3 is 15.4 Å². The van der Waals surface area contributed by atoms with Gasteiger partial charge in [0.25, 0.3) is 0 Å². The molecule has 2 aromatic heterocycles. The van der Waals surface area contributed by atoms with Crippen molar-refractivity contribution in [1.29, 1.82) is 0 Å². The van der Waals surface area contributed by atoms with E-state index in [1.807, 2.05) is 45.2 Å². The molecule has 0 unspecified atom stereocenters. The lowest BCUT2D eigenvalue weighted by molar-refractivity contribution is 0.0528. The zero-order chi connectivity index (χ0) is 16.7. The zero-order valence-corrected chi connectivity index (χ0v) is 13.7. The van der Waals surface area contributed by atoms with E-state index in [4.69, 9.17) is 4.74 Å². The highest BCUT2D eigenvalue weighted by atomic mass is 16.6. The standard InChI is InChI=1S/C16H23N5O2/c1-16(2,3)23-15(22)18-9-4-8-17-13-6-7-14(19-12-13)21-11-5-10-20-21/h5-7,10-12,17H,4,8-9H2,1-3H3,(H,18,22). The normalized spacial score (nSPS) is 11.1. The highest BCUT2D eigenvalue weighted by molar-refractivity contribution is 5.67. The van der Waals surface area contributed by atoms with Crippen LogP contribution in [0.25, 0.3) is 5.82 Å². The van der Waals surface area contributed by atoms with Crippen LogP contribution >= 0.6 is 0 Å². The summed E-state index contributed by atoms with van der Waals surface area (Å²) in [5.74, 6) is 0.771. The fourth-order valence-corrected chi connectivity index (χ4v) is 1.86. The van der Waals surface area contributed by atoms with E-state index in [0.29, 0.717) is 6.54 Å². The molecule has 7 nitrogen and oxygen atoms in total. The summed E-state index contributed by atoms with van der Waals surface area (Å²) >= 11 is 0. The van der Waals surface area contributed by atoms with E-state index in [2.05, 4.69) is 20.7 Å². The Balaban J connectivity index is 1.66. The molecule has 2 N–H and O–H groups in total. The molecular weight excluding hydrogens is 294 g/mol. The van der Waals surface area contributed by atoms with Gasteiger partial charge in [0.1, 0.15) is 5.60 Å². The third-order valence-electron chi connectivity index (χ3n) is 2.84. The first-order chi connectivity index (χ1) is 10.9. The Kier molecular flexibility index (Phi) is 5.56. The van der Waals surface area contributed by atoms with E-state index in [-0.39, 0.29) is 6.09 Å². The molecule has 0 atom stereocenters. The highest BCUT2D eigenvalue weighted by Gasteiger charge is 2.15. The molecule has 7 heteroatoms. The van der Waals surface area contributed by atoms with E-state index in [1.165, 1.54) is 0 Å². The van der Waals surface area contributed by atoms with Crippen molar-refractivity contribution in [3.8, 4) is 5.82 Å². The molecule has 2 aromatic rings. The number of carbonyl (C=O) groups is 1. The van der Waals surface area contributed by atoms with Gasteiger partial charge in [-0.25, -0.2) is 14.5 Å². The highest BCUT2D eigenvalue weighted by Crippen LogP contribution is 2.09. The Hall–Kier alpha value is -2.57. The van der Waals surface area contributed by atoms with Gasteiger partial charge in [-0.3, -0.25) is 0 Å². The number of aromatic nitrogens is 3. The predicted molar refractivity (Wildman–Crippen MR) is 88.7 cm³/mol. The predicted octanol–water partition coefficient (Wildman–Crippen LogP) is 2.59. The number of rotatable bonds is 6. The molecule has 0 aliphatic heterocycles.